The summed E-state index contributed by atoms with van der Waals surface area (Å²) < 4.78 is 5.28. The number of rotatable bonds is 4. The van der Waals surface area contributed by atoms with E-state index in [1.807, 2.05) is 49.3 Å². The molecule has 0 aliphatic carbocycles. The highest BCUT2D eigenvalue weighted by Crippen LogP contribution is 2.32. The molecule has 1 N–H and O–H groups in total. The standard InChI is InChI=1S/C13H15ClN2O/c1-16(2)13-11(14)6-3-7-12(13)15-9-10-5-4-8-17-10/h3-8,15H,9H2,1-2H3. The van der Waals surface area contributed by atoms with Crippen LogP contribution in [0.15, 0.2) is 41.0 Å². The Morgan fingerprint density at radius 2 is 2.06 bits per heavy atom. The van der Waals surface area contributed by atoms with Gasteiger partial charge in [0.05, 0.1) is 29.2 Å². The second-order valence-electron chi connectivity index (χ2n) is 3.96. The summed E-state index contributed by atoms with van der Waals surface area (Å²) in [5, 5.41) is 4.05. The molecule has 0 fully saturated rings. The molecule has 0 amide bonds. The fourth-order valence-electron chi connectivity index (χ4n) is 1.71. The molecule has 0 spiro atoms. The van der Waals surface area contributed by atoms with Crippen LogP contribution in [0.5, 0.6) is 0 Å². The van der Waals surface area contributed by atoms with Gasteiger partial charge in [0.25, 0.3) is 0 Å². The minimum Gasteiger partial charge on any atom is -0.467 e. The number of nitrogens with one attached hydrogen (secondary N) is 1. The average molecular weight is 251 g/mol. The largest absolute Gasteiger partial charge is 0.467 e. The van der Waals surface area contributed by atoms with Crippen molar-refractivity contribution in [1.29, 1.82) is 0 Å². The summed E-state index contributed by atoms with van der Waals surface area (Å²) in [5.41, 5.74) is 1.99. The molecule has 0 atom stereocenters. The summed E-state index contributed by atoms with van der Waals surface area (Å²) in [4.78, 5) is 1.99. The Morgan fingerprint density at radius 1 is 1.24 bits per heavy atom. The zero-order valence-electron chi connectivity index (χ0n) is 9.90. The molecule has 0 radical (unpaired) electrons. The summed E-state index contributed by atoms with van der Waals surface area (Å²) in [6.07, 6.45) is 1.67. The molecule has 2 aromatic rings. The maximum Gasteiger partial charge on any atom is 0.122 e. The van der Waals surface area contributed by atoms with Crippen molar-refractivity contribution >= 4 is 23.0 Å². The molecule has 2 rings (SSSR count). The zero-order valence-corrected chi connectivity index (χ0v) is 10.7. The number of hydrogen-bond donors (Lipinski definition) is 1. The van der Waals surface area contributed by atoms with Crippen LogP contribution in [0.1, 0.15) is 5.76 Å². The van der Waals surface area contributed by atoms with E-state index in [0.29, 0.717) is 6.54 Å². The summed E-state index contributed by atoms with van der Waals surface area (Å²) in [6, 6.07) is 9.63. The number of para-hydroxylation sites is 1. The summed E-state index contributed by atoms with van der Waals surface area (Å²) in [7, 11) is 3.94. The highest BCUT2D eigenvalue weighted by molar-refractivity contribution is 6.34. The van der Waals surface area contributed by atoms with E-state index >= 15 is 0 Å². The predicted octanol–water partition coefficient (Wildman–Crippen LogP) is 3.61. The number of hydrogen-bond acceptors (Lipinski definition) is 3. The molecule has 0 aliphatic rings. The topological polar surface area (TPSA) is 28.4 Å². The molecule has 1 heterocycles. The summed E-state index contributed by atoms with van der Waals surface area (Å²) >= 11 is 6.18. The van der Waals surface area contributed by atoms with E-state index in [0.717, 1.165) is 22.2 Å². The van der Waals surface area contributed by atoms with Crippen molar-refractivity contribution in [3.05, 3.63) is 47.4 Å². The Bertz CT molecular complexity index is 480. The van der Waals surface area contributed by atoms with Crippen LogP contribution in [0, 0.1) is 0 Å². The minimum absolute atomic E-state index is 0.647. The number of nitrogens with zero attached hydrogens (tertiary/aromatic N) is 1. The highest BCUT2D eigenvalue weighted by Gasteiger charge is 2.08. The predicted molar refractivity (Wildman–Crippen MR) is 71.8 cm³/mol. The minimum atomic E-state index is 0.647. The molecular formula is C13H15ClN2O. The third kappa shape index (κ3) is 2.74. The molecule has 1 aromatic carbocycles. The van der Waals surface area contributed by atoms with Crippen LogP contribution in [0.25, 0.3) is 0 Å². The van der Waals surface area contributed by atoms with Crippen LogP contribution < -0.4 is 10.2 Å². The van der Waals surface area contributed by atoms with Crippen molar-refractivity contribution in [2.75, 3.05) is 24.3 Å². The molecule has 4 heteroatoms. The maximum atomic E-state index is 6.18. The highest BCUT2D eigenvalue weighted by atomic mass is 35.5. The number of halogens is 1. The molecule has 1 aromatic heterocycles. The molecule has 90 valence electrons. The van der Waals surface area contributed by atoms with Gasteiger partial charge in [-0.25, -0.2) is 0 Å². The molecule has 3 nitrogen and oxygen atoms in total. The lowest BCUT2D eigenvalue weighted by Gasteiger charge is -2.19. The van der Waals surface area contributed by atoms with Gasteiger partial charge in [0.15, 0.2) is 0 Å². The molecule has 17 heavy (non-hydrogen) atoms. The zero-order chi connectivity index (χ0) is 12.3. The van der Waals surface area contributed by atoms with Gasteiger partial charge in [0.2, 0.25) is 0 Å². The van der Waals surface area contributed by atoms with E-state index in [-0.39, 0.29) is 0 Å². The lowest BCUT2D eigenvalue weighted by Crippen LogP contribution is -2.12. The van der Waals surface area contributed by atoms with Gasteiger partial charge in [0.1, 0.15) is 5.76 Å². The Kier molecular flexibility index (Phi) is 3.59. The van der Waals surface area contributed by atoms with Crippen LogP contribution in [-0.4, -0.2) is 14.1 Å². The van der Waals surface area contributed by atoms with Crippen molar-refractivity contribution in [3.8, 4) is 0 Å². The lowest BCUT2D eigenvalue weighted by atomic mass is 10.2. The fraction of sp³-hybridized carbons (Fsp3) is 0.231. The summed E-state index contributed by atoms with van der Waals surface area (Å²) in [5.74, 6) is 0.898. The average Bonchev–Trinajstić information content (AvgIpc) is 2.78. The van der Waals surface area contributed by atoms with Gasteiger partial charge in [-0.2, -0.15) is 0 Å². The van der Waals surface area contributed by atoms with Gasteiger partial charge in [0, 0.05) is 14.1 Å². The Morgan fingerprint density at radius 3 is 2.71 bits per heavy atom. The van der Waals surface area contributed by atoms with Crippen molar-refractivity contribution in [3.63, 3.8) is 0 Å². The van der Waals surface area contributed by atoms with Gasteiger partial charge in [-0.15, -0.1) is 0 Å². The van der Waals surface area contributed by atoms with Crippen LogP contribution in [0.4, 0.5) is 11.4 Å². The molecule has 0 unspecified atom stereocenters. The van der Waals surface area contributed by atoms with Crippen LogP contribution >= 0.6 is 11.6 Å². The maximum absolute atomic E-state index is 6.18. The van der Waals surface area contributed by atoms with Crippen molar-refractivity contribution in [2.45, 2.75) is 6.54 Å². The lowest BCUT2D eigenvalue weighted by molar-refractivity contribution is 0.518. The fourth-order valence-corrected chi connectivity index (χ4v) is 2.05. The second-order valence-corrected chi connectivity index (χ2v) is 4.37. The monoisotopic (exact) mass is 250 g/mol. The Hall–Kier alpha value is -1.61. The normalized spacial score (nSPS) is 10.3. The Balaban J connectivity index is 2.18. The van der Waals surface area contributed by atoms with E-state index in [4.69, 9.17) is 16.0 Å². The van der Waals surface area contributed by atoms with Crippen molar-refractivity contribution < 1.29 is 4.42 Å². The van der Waals surface area contributed by atoms with Crippen LogP contribution in [-0.2, 0) is 6.54 Å². The van der Waals surface area contributed by atoms with Crippen molar-refractivity contribution in [2.24, 2.45) is 0 Å². The van der Waals surface area contributed by atoms with E-state index in [9.17, 15) is 0 Å². The Labute approximate surface area is 106 Å². The van der Waals surface area contributed by atoms with E-state index in [1.165, 1.54) is 0 Å². The number of anilines is 2. The first-order chi connectivity index (χ1) is 8.18. The second kappa shape index (κ2) is 5.15. The van der Waals surface area contributed by atoms with Gasteiger partial charge < -0.3 is 14.6 Å². The van der Waals surface area contributed by atoms with E-state index < -0.39 is 0 Å². The third-order valence-corrected chi connectivity index (χ3v) is 2.77. The van der Waals surface area contributed by atoms with Gasteiger partial charge >= 0.3 is 0 Å². The first-order valence-electron chi connectivity index (χ1n) is 5.40. The number of furan rings is 1. The molecular weight excluding hydrogens is 236 g/mol. The molecule has 0 bridgehead atoms. The van der Waals surface area contributed by atoms with Crippen LogP contribution in [0.2, 0.25) is 5.02 Å². The quantitative estimate of drug-likeness (QED) is 0.899. The van der Waals surface area contributed by atoms with Gasteiger partial charge in [-0.05, 0) is 24.3 Å². The van der Waals surface area contributed by atoms with Gasteiger partial charge in [-0.1, -0.05) is 17.7 Å². The summed E-state index contributed by atoms with van der Waals surface area (Å²) in [6.45, 7) is 0.647. The third-order valence-electron chi connectivity index (χ3n) is 2.47. The van der Waals surface area contributed by atoms with Gasteiger partial charge in [-0.3, -0.25) is 0 Å². The molecule has 0 aliphatic heterocycles. The SMILES string of the molecule is CN(C)c1c(Cl)cccc1NCc1ccco1. The molecule has 0 saturated carbocycles. The smallest absolute Gasteiger partial charge is 0.122 e. The van der Waals surface area contributed by atoms with E-state index in [2.05, 4.69) is 5.32 Å². The first-order valence-corrected chi connectivity index (χ1v) is 5.78. The first kappa shape index (κ1) is 11.9. The molecule has 0 saturated heterocycles. The number of benzene rings is 1. The van der Waals surface area contributed by atoms with E-state index in [1.54, 1.807) is 6.26 Å². The van der Waals surface area contributed by atoms with Crippen molar-refractivity contribution in [1.82, 2.24) is 0 Å². The van der Waals surface area contributed by atoms with Crippen LogP contribution in [0.3, 0.4) is 0 Å².